The monoisotopic (exact) mass is 213 g/mol. The Labute approximate surface area is 89.5 Å². The second-order valence-electron chi connectivity index (χ2n) is 3.59. The molecule has 0 aliphatic carbocycles. The third-order valence-corrected chi connectivity index (χ3v) is 2.44. The van der Waals surface area contributed by atoms with Gasteiger partial charge in [0.2, 0.25) is 0 Å². The fourth-order valence-electron chi connectivity index (χ4n) is 1.62. The smallest absolute Gasteiger partial charge is 0.257 e. The Morgan fingerprint density at radius 2 is 1.80 bits per heavy atom. The van der Waals surface area contributed by atoms with Gasteiger partial charge < -0.3 is 5.32 Å². The fraction of sp³-hybridized carbons (Fsp3) is 0.500. The molecule has 0 aliphatic heterocycles. The Hall–Kier alpha value is -0.960. The van der Waals surface area contributed by atoms with Gasteiger partial charge in [-0.25, -0.2) is 8.78 Å². The number of alkyl halides is 2. The van der Waals surface area contributed by atoms with Crippen molar-refractivity contribution in [2.24, 2.45) is 0 Å². The zero-order valence-electron chi connectivity index (χ0n) is 9.13. The van der Waals surface area contributed by atoms with E-state index < -0.39 is 12.5 Å². The molecule has 0 fully saturated rings. The van der Waals surface area contributed by atoms with Crippen molar-refractivity contribution in [3.63, 3.8) is 0 Å². The van der Waals surface area contributed by atoms with Gasteiger partial charge in [0.25, 0.3) is 6.43 Å². The van der Waals surface area contributed by atoms with Gasteiger partial charge in [0.05, 0.1) is 6.04 Å². The van der Waals surface area contributed by atoms with E-state index in [1.54, 1.807) is 19.2 Å². The van der Waals surface area contributed by atoms with Crippen LogP contribution < -0.4 is 5.32 Å². The first-order valence-corrected chi connectivity index (χ1v) is 5.23. The standard InChI is InChI=1S/C12H17F2N/c1-3-4-9-5-7-10(8-6-9)11(15-2)12(13)14/h5-8,11-12,15H,3-4H2,1-2H3. The molecule has 0 radical (unpaired) electrons. The van der Waals surface area contributed by atoms with Gasteiger partial charge >= 0.3 is 0 Å². The highest BCUT2D eigenvalue weighted by molar-refractivity contribution is 5.25. The van der Waals surface area contributed by atoms with Gasteiger partial charge in [0.1, 0.15) is 0 Å². The van der Waals surface area contributed by atoms with Crippen LogP contribution in [0.4, 0.5) is 8.78 Å². The third-order valence-electron chi connectivity index (χ3n) is 2.44. The van der Waals surface area contributed by atoms with Gasteiger partial charge in [-0.05, 0) is 24.6 Å². The van der Waals surface area contributed by atoms with E-state index in [1.807, 2.05) is 12.1 Å². The average Bonchev–Trinajstić information content (AvgIpc) is 2.21. The van der Waals surface area contributed by atoms with Gasteiger partial charge in [0, 0.05) is 0 Å². The quantitative estimate of drug-likeness (QED) is 0.792. The van der Waals surface area contributed by atoms with E-state index >= 15 is 0 Å². The molecule has 1 N–H and O–H groups in total. The maximum Gasteiger partial charge on any atom is 0.257 e. The molecular formula is C12H17F2N. The number of aryl methyl sites for hydroxylation is 1. The molecule has 0 saturated carbocycles. The maximum atomic E-state index is 12.6. The Morgan fingerprint density at radius 1 is 1.20 bits per heavy atom. The summed E-state index contributed by atoms with van der Waals surface area (Å²) in [6.45, 7) is 2.10. The van der Waals surface area contributed by atoms with Crippen molar-refractivity contribution in [2.45, 2.75) is 32.2 Å². The molecule has 1 aromatic carbocycles. The van der Waals surface area contributed by atoms with Crippen LogP contribution in [-0.4, -0.2) is 13.5 Å². The van der Waals surface area contributed by atoms with Gasteiger partial charge in [-0.1, -0.05) is 37.6 Å². The Bertz CT molecular complexity index is 282. The number of hydrogen-bond donors (Lipinski definition) is 1. The molecule has 84 valence electrons. The summed E-state index contributed by atoms with van der Waals surface area (Å²) in [6, 6.07) is 6.54. The molecule has 0 aromatic heterocycles. The zero-order valence-corrected chi connectivity index (χ0v) is 9.13. The lowest BCUT2D eigenvalue weighted by molar-refractivity contribution is 0.102. The van der Waals surface area contributed by atoms with Crippen molar-refractivity contribution in [1.82, 2.24) is 5.32 Å². The molecule has 0 aliphatic rings. The van der Waals surface area contributed by atoms with Gasteiger partial charge in [-0.2, -0.15) is 0 Å². The van der Waals surface area contributed by atoms with Crippen LogP contribution in [0, 0.1) is 0 Å². The van der Waals surface area contributed by atoms with Crippen LogP contribution in [0.25, 0.3) is 0 Å². The van der Waals surface area contributed by atoms with Crippen LogP contribution in [0.15, 0.2) is 24.3 Å². The van der Waals surface area contributed by atoms with Crippen LogP contribution in [0.1, 0.15) is 30.5 Å². The minimum absolute atomic E-state index is 0.646. The van der Waals surface area contributed by atoms with Crippen molar-refractivity contribution in [1.29, 1.82) is 0 Å². The van der Waals surface area contributed by atoms with Gasteiger partial charge in [-0.3, -0.25) is 0 Å². The highest BCUT2D eigenvalue weighted by Crippen LogP contribution is 2.20. The Kier molecular flexibility index (Phi) is 4.69. The first-order chi connectivity index (χ1) is 7.19. The summed E-state index contributed by atoms with van der Waals surface area (Å²) in [7, 11) is 1.55. The summed E-state index contributed by atoms with van der Waals surface area (Å²) in [5.41, 5.74) is 1.85. The average molecular weight is 213 g/mol. The lowest BCUT2D eigenvalue weighted by Gasteiger charge is -2.15. The van der Waals surface area contributed by atoms with Gasteiger partial charge in [-0.15, -0.1) is 0 Å². The second kappa shape index (κ2) is 5.81. The summed E-state index contributed by atoms with van der Waals surface area (Å²) < 4.78 is 25.1. The SMILES string of the molecule is CCCc1ccc(C(NC)C(F)F)cc1. The van der Waals surface area contributed by atoms with Crippen LogP contribution in [0.3, 0.4) is 0 Å². The number of rotatable bonds is 5. The molecule has 0 spiro atoms. The topological polar surface area (TPSA) is 12.0 Å². The molecule has 0 heterocycles. The number of benzene rings is 1. The number of halogens is 2. The normalized spacial score (nSPS) is 13.1. The fourth-order valence-corrected chi connectivity index (χ4v) is 1.62. The molecule has 1 aromatic rings. The molecule has 1 unspecified atom stereocenters. The molecule has 0 saturated heterocycles. The highest BCUT2D eigenvalue weighted by atomic mass is 19.3. The molecule has 15 heavy (non-hydrogen) atoms. The van der Waals surface area contributed by atoms with Gasteiger partial charge in [0.15, 0.2) is 0 Å². The molecule has 0 bridgehead atoms. The van der Waals surface area contributed by atoms with E-state index in [4.69, 9.17) is 0 Å². The van der Waals surface area contributed by atoms with Crippen molar-refractivity contribution in [2.75, 3.05) is 7.05 Å². The summed E-state index contributed by atoms with van der Waals surface area (Å²) in [4.78, 5) is 0. The minimum Gasteiger partial charge on any atom is -0.308 e. The van der Waals surface area contributed by atoms with Crippen LogP contribution in [0.5, 0.6) is 0 Å². The van der Waals surface area contributed by atoms with E-state index in [0.29, 0.717) is 5.56 Å². The lowest BCUT2D eigenvalue weighted by Crippen LogP contribution is -2.23. The number of hydrogen-bond acceptors (Lipinski definition) is 1. The Balaban J connectivity index is 2.77. The predicted octanol–water partition coefficient (Wildman–Crippen LogP) is 3.16. The van der Waals surface area contributed by atoms with E-state index in [-0.39, 0.29) is 0 Å². The van der Waals surface area contributed by atoms with Crippen molar-refractivity contribution in [3.05, 3.63) is 35.4 Å². The van der Waals surface area contributed by atoms with E-state index in [2.05, 4.69) is 12.2 Å². The predicted molar refractivity (Wildman–Crippen MR) is 58.2 cm³/mol. The van der Waals surface area contributed by atoms with Crippen molar-refractivity contribution >= 4 is 0 Å². The zero-order chi connectivity index (χ0) is 11.3. The molecule has 3 heteroatoms. The minimum atomic E-state index is -2.37. The largest absolute Gasteiger partial charge is 0.308 e. The molecule has 1 nitrogen and oxygen atoms in total. The Morgan fingerprint density at radius 3 is 2.20 bits per heavy atom. The van der Waals surface area contributed by atoms with E-state index in [1.165, 1.54) is 5.56 Å². The summed E-state index contributed by atoms with van der Waals surface area (Å²) >= 11 is 0. The van der Waals surface area contributed by atoms with Crippen molar-refractivity contribution < 1.29 is 8.78 Å². The summed E-state index contributed by atoms with van der Waals surface area (Å²) in [6.07, 6.45) is -0.296. The van der Waals surface area contributed by atoms with E-state index in [9.17, 15) is 8.78 Å². The first-order valence-electron chi connectivity index (χ1n) is 5.23. The molecule has 0 amide bonds. The van der Waals surface area contributed by atoms with Crippen LogP contribution in [0.2, 0.25) is 0 Å². The third kappa shape index (κ3) is 3.27. The maximum absolute atomic E-state index is 12.6. The first kappa shape index (κ1) is 12.1. The molecule has 1 atom stereocenters. The lowest BCUT2D eigenvalue weighted by atomic mass is 10.0. The molecular weight excluding hydrogens is 196 g/mol. The highest BCUT2D eigenvalue weighted by Gasteiger charge is 2.19. The van der Waals surface area contributed by atoms with Crippen LogP contribution >= 0.6 is 0 Å². The number of nitrogens with one attached hydrogen (secondary N) is 1. The summed E-state index contributed by atoms with van der Waals surface area (Å²) in [5, 5.41) is 2.62. The van der Waals surface area contributed by atoms with E-state index in [0.717, 1.165) is 12.8 Å². The van der Waals surface area contributed by atoms with Crippen LogP contribution in [-0.2, 0) is 6.42 Å². The summed E-state index contributed by atoms with van der Waals surface area (Å²) in [5.74, 6) is 0. The molecule has 1 rings (SSSR count). The van der Waals surface area contributed by atoms with Crippen molar-refractivity contribution in [3.8, 4) is 0 Å². The second-order valence-corrected chi connectivity index (χ2v) is 3.59.